The molecule has 1 N–H and O–H groups in total. The van der Waals surface area contributed by atoms with Crippen molar-refractivity contribution >= 4 is 33.2 Å². The standard InChI is InChI=1S/C19H23ClN2O3S/c1-14-4-5-15(2)18(12-14)21-19(23)13-22(26(3,24)25)11-10-16-6-8-17(20)9-7-16/h4-9,12H,10-11,13H2,1-3H3,(H,21,23). The van der Waals surface area contributed by atoms with Gasteiger partial charge < -0.3 is 5.32 Å². The molecule has 0 fully saturated rings. The molecule has 26 heavy (non-hydrogen) atoms. The van der Waals surface area contributed by atoms with Crippen LogP contribution in [0.2, 0.25) is 5.02 Å². The Kier molecular flexibility index (Phi) is 6.81. The first kappa shape index (κ1) is 20.4. The lowest BCUT2D eigenvalue weighted by Crippen LogP contribution is -2.38. The quantitative estimate of drug-likeness (QED) is 0.782. The first-order chi connectivity index (χ1) is 12.1. The summed E-state index contributed by atoms with van der Waals surface area (Å²) >= 11 is 5.86. The van der Waals surface area contributed by atoms with Crippen molar-refractivity contribution in [1.29, 1.82) is 0 Å². The van der Waals surface area contributed by atoms with Gasteiger partial charge in [-0.3, -0.25) is 4.79 Å². The van der Waals surface area contributed by atoms with E-state index in [1.807, 2.05) is 44.2 Å². The van der Waals surface area contributed by atoms with E-state index in [-0.39, 0.29) is 19.0 Å². The number of aryl methyl sites for hydroxylation is 2. The lowest BCUT2D eigenvalue weighted by molar-refractivity contribution is -0.116. The number of carbonyl (C=O) groups is 1. The highest BCUT2D eigenvalue weighted by Gasteiger charge is 2.20. The van der Waals surface area contributed by atoms with Crippen molar-refractivity contribution in [3.63, 3.8) is 0 Å². The maximum Gasteiger partial charge on any atom is 0.239 e. The zero-order chi connectivity index (χ0) is 19.3. The monoisotopic (exact) mass is 394 g/mol. The van der Waals surface area contributed by atoms with Gasteiger partial charge in [0.25, 0.3) is 0 Å². The fraction of sp³-hybridized carbons (Fsp3) is 0.316. The van der Waals surface area contributed by atoms with Crippen molar-refractivity contribution in [2.45, 2.75) is 20.3 Å². The van der Waals surface area contributed by atoms with E-state index in [0.717, 1.165) is 22.9 Å². The van der Waals surface area contributed by atoms with Crippen molar-refractivity contribution < 1.29 is 13.2 Å². The molecule has 0 atom stereocenters. The normalized spacial score (nSPS) is 11.6. The van der Waals surface area contributed by atoms with Gasteiger partial charge in [0, 0.05) is 17.3 Å². The summed E-state index contributed by atoms with van der Waals surface area (Å²) in [6, 6.07) is 13.0. The van der Waals surface area contributed by atoms with Crippen LogP contribution in [0.5, 0.6) is 0 Å². The molecule has 2 aromatic carbocycles. The number of rotatable bonds is 7. The highest BCUT2D eigenvalue weighted by Crippen LogP contribution is 2.16. The minimum Gasteiger partial charge on any atom is -0.325 e. The third kappa shape index (κ3) is 6.12. The van der Waals surface area contributed by atoms with Gasteiger partial charge in [0.05, 0.1) is 12.8 Å². The van der Waals surface area contributed by atoms with Crippen molar-refractivity contribution in [3.05, 3.63) is 64.2 Å². The van der Waals surface area contributed by atoms with Crippen LogP contribution < -0.4 is 5.32 Å². The molecular weight excluding hydrogens is 372 g/mol. The van der Waals surface area contributed by atoms with E-state index in [9.17, 15) is 13.2 Å². The van der Waals surface area contributed by atoms with Crippen LogP contribution in [0.15, 0.2) is 42.5 Å². The second kappa shape index (κ2) is 8.66. The molecule has 0 saturated heterocycles. The Morgan fingerprint density at radius 2 is 1.77 bits per heavy atom. The largest absolute Gasteiger partial charge is 0.325 e. The molecule has 0 aliphatic rings. The van der Waals surface area contributed by atoms with E-state index in [4.69, 9.17) is 11.6 Å². The number of amides is 1. The molecule has 2 aromatic rings. The summed E-state index contributed by atoms with van der Waals surface area (Å²) in [6.07, 6.45) is 1.61. The van der Waals surface area contributed by atoms with Crippen LogP contribution in [0, 0.1) is 13.8 Å². The number of hydrogen-bond acceptors (Lipinski definition) is 3. The maximum atomic E-state index is 12.4. The zero-order valence-electron chi connectivity index (χ0n) is 15.1. The second-order valence-corrected chi connectivity index (χ2v) is 8.76. The fourth-order valence-electron chi connectivity index (χ4n) is 2.49. The Hall–Kier alpha value is -1.89. The first-order valence-corrected chi connectivity index (χ1v) is 10.4. The predicted molar refractivity (Wildman–Crippen MR) is 106 cm³/mol. The topological polar surface area (TPSA) is 66.5 Å². The Labute approximate surface area is 160 Å². The molecule has 5 nitrogen and oxygen atoms in total. The number of nitrogens with zero attached hydrogens (tertiary/aromatic N) is 1. The third-order valence-electron chi connectivity index (χ3n) is 4.02. The highest BCUT2D eigenvalue weighted by molar-refractivity contribution is 7.88. The molecule has 0 radical (unpaired) electrons. The van der Waals surface area contributed by atoms with Crippen molar-refractivity contribution in [1.82, 2.24) is 4.31 Å². The molecule has 0 aromatic heterocycles. The van der Waals surface area contributed by atoms with Gasteiger partial charge in [0.1, 0.15) is 0 Å². The molecule has 0 unspecified atom stereocenters. The average Bonchev–Trinajstić information content (AvgIpc) is 2.55. The summed E-state index contributed by atoms with van der Waals surface area (Å²) in [7, 11) is -3.50. The first-order valence-electron chi connectivity index (χ1n) is 8.22. The van der Waals surface area contributed by atoms with E-state index >= 15 is 0 Å². The summed E-state index contributed by atoms with van der Waals surface area (Å²) in [6.45, 7) is 3.83. The molecule has 0 aliphatic heterocycles. The fourth-order valence-corrected chi connectivity index (χ4v) is 3.39. The van der Waals surface area contributed by atoms with Crippen LogP contribution in [0.25, 0.3) is 0 Å². The van der Waals surface area contributed by atoms with Gasteiger partial charge in [0.15, 0.2) is 0 Å². The number of nitrogens with one attached hydrogen (secondary N) is 1. The number of halogens is 1. The molecule has 0 heterocycles. The number of anilines is 1. The number of sulfonamides is 1. The summed E-state index contributed by atoms with van der Waals surface area (Å²) in [5, 5.41) is 3.42. The van der Waals surface area contributed by atoms with Crippen molar-refractivity contribution in [2.75, 3.05) is 24.7 Å². The van der Waals surface area contributed by atoms with E-state index in [2.05, 4.69) is 5.32 Å². The predicted octanol–water partition coefficient (Wildman–Crippen LogP) is 3.40. The van der Waals surface area contributed by atoms with E-state index < -0.39 is 10.0 Å². The van der Waals surface area contributed by atoms with Crippen LogP contribution in [0.4, 0.5) is 5.69 Å². The van der Waals surface area contributed by atoms with E-state index in [1.165, 1.54) is 4.31 Å². The molecule has 1 amide bonds. The summed E-state index contributed by atoms with van der Waals surface area (Å²) in [5.41, 5.74) is 3.60. The molecule has 0 spiro atoms. The lowest BCUT2D eigenvalue weighted by atomic mass is 10.1. The Morgan fingerprint density at radius 1 is 1.12 bits per heavy atom. The smallest absolute Gasteiger partial charge is 0.239 e. The van der Waals surface area contributed by atoms with Gasteiger partial charge in [-0.1, -0.05) is 35.9 Å². The Morgan fingerprint density at radius 3 is 2.38 bits per heavy atom. The van der Waals surface area contributed by atoms with Gasteiger partial charge in [-0.15, -0.1) is 0 Å². The lowest BCUT2D eigenvalue weighted by Gasteiger charge is -2.20. The molecule has 0 saturated carbocycles. The van der Waals surface area contributed by atoms with Crippen LogP contribution in [-0.2, 0) is 21.2 Å². The maximum absolute atomic E-state index is 12.4. The van der Waals surface area contributed by atoms with Crippen molar-refractivity contribution in [3.8, 4) is 0 Å². The summed E-state index contributed by atoms with van der Waals surface area (Å²) in [5.74, 6) is -0.361. The van der Waals surface area contributed by atoms with E-state index in [0.29, 0.717) is 17.1 Å². The van der Waals surface area contributed by atoms with Crippen molar-refractivity contribution in [2.24, 2.45) is 0 Å². The van der Waals surface area contributed by atoms with Gasteiger partial charge in [-0.2, -0.15) is 4.31 Å². The molecule has 0 aliphatic carbocycles. The molecular formula is C19H23ClN2O3S. The SMILES string of the molecule is Cc1ccc(C)c(NC(=O)CN(CCc2ccc(Cl)cc2)S(C)(=O)=O)c1. The van der Waals surface area contributed by atoms with Gasteiger partial charge >= 0.3 is 0 Å². The van der Waals surface area contributed by atoms with Crippen LogP contribution in [0.3, 0.4) is 0 Å². The third-order valence-corrected chi connectivity index (χ3v) is 5.52. The number of hydrogen-bond donors (Lipinski definition) is 1. The summed E-state index contributed by atoms with van der Waals surface area (Å²) < 4.78 is 25.3. The second-order valence-electron chi connectivity index (χ2n) is 6.34. The van der Waals surface area contributed by atoms with Gasteiger partial charge in [-0.05, 0) is 55.2 Å². The zero-order valence-corrected chi connectivity index (χ0v) is 16.7. The average molecular weight is 395 g/mol. The van der Waals surface area contributed by atoms with E-state index in [1.54, 1.807) is 12.1 Å². The minimum absolute atomic E-state index is 0.222. The van der Waals surface area contributed by atoms with Gasteiger partial charge in [-0.25, -0.2) is 8.42 Å². The van der Waals surface area contributed by atoms with Crippen LogP contribution in [0.1, 0.15) is 16.7 Å². The summed E-state index contributed by atoms with van der Waals surface area (Å²) in [4.78, 5) is 12.4. The Bertz CT molecular complexity index is 880. The molecule has 7 heteroatoms. The number of benzene rings is 2. The Balaban J connectivity index is 2.04. The van der Waals surface area contributed by atoms with Gasteiger partial charge in [0.2, 0.25) is 15.9 Å². The number of carbonyl (C=O) groups excluding carboxylic acids is 1. The van der Waals surface area contributed by atoms with Crippen LogP contribution >= 0.6 is 11.6 Å². The van der Waals surface area contributed by atoms with Crippen LogP contribution in [-0.4, -0.2) is 38.0 Å². The molecule has 0 bridgehead atoms. The minimum atomic E-state index is -3.50. The molecule has 2 rings (SSSR count). The molecule has 140 valence electrons. The highest BCUT2D eigenvalue weighted by atomic mass is 35.5.